The van der Waals surface area contributed by atoms with E-state index in [1.54, 1.807) is 19.2 Å². The van der Waals surface area contributed by atoms with Crippen molar-refractivity contribution in [3.63, 3.8) is 0 Å². The topological polar surface area (TPSA) is 77.7 Å². The average Bonchev–Trinajstić information content (AvgIpc) is 3.63. The Kier molecular flexibility index (Phi) is 9.05. The maximum Gasteiger partial charge on any atom is 0.273 e. The van der Waals surface area contributed by atoms with Crippen LogP contribution < -0.4 is 15.2 Å². The summed E-state index contributed by atoms with van der Waals surface area (Å²) in [6.45, 7) is 7.16. The normalized spacial score (nSPS) is 13.9. The van der Waals surface area contributed by atoms with Gasteiger partial charge in [-0.3, -0.25) is 4.79 Å². The highest BCUT2D eigenvalue weighted by atomic mass is 35.5. The van der Waals surface area contributed by atoms with Gasteiger partial charge in [0.05, 0.1) is 10.9 Å². The molecule has 4 rings (SSSR count). The summed E-state index contributed by atoms with van der Waals surface area (Å²) in [7, 11) is 0. The van der Waals surface area contributed by atoms with Crippen LogP contribution in [0.15, 0.2) is 36.5 Å². The summed E-state index contributed by atoms with van der Waals surface area (Å²) in [6.07, 6.45) is 4.30. The van der Waals surface area contributed by atoms with E-state index in [4.69, 9.17) is 26.8 Å². The number of carbonyl (C=O) groups excluding carboxylic acids is 1. The number of aromatic nitrogens is 1. The van der Waals surface area contributed by atoms with Gasteiger partial charge in [0.15, 0.2) is 11.6 Å². The molecule has 0 saturated heterocycles. The summed E-state index contributed by atoms with van der Waals surface area (Å²) in [5.74, 6) is -0.723. The highest BCUT2D eigenvalue weighted by molar-refractivity contribution is 7.13. The number of rotatable bonds is 12. The molecule has 1 heterocycles. The molecular formula is C28H33ClFN3O3S. The van der Waals surface area contributed by atoms with Gasteiger partial charge in [0.1, 0.15) is 13.2 Å². The van der Waals surface area contributed by atoms with E-state index in [0.29, 0.717) is 18.2 Å². The molecule has 2 aromatic carbocycles. The van der Waals surface area contributed by atoms with Crippen molar-refractivity contribution in [1.82, 2.24) is 9.88 Å². The lowest BCUT2D eigenvalue weighted by Gasteiger charge is -2.27. The molecule has 1 atom stereocenters. The number of ether oxygens (including phenoxy) is 2. The molecule has 2 N–H and O–H groups in total. The maximum absolute atomic E-state index is 14.0. The van der Waals surface area contributed by atoms with Gasteiger partial charge in [-0.15, -0.1) is 0 Å². The summed E-state index contributed by atoms with van der Waals surface area (Å²) in [4.78, 5) is 20.8. The minimum Gasteiger partial charge on any atom is -0.485 e. The van der Waals surface area contributed by atoms with Crippen LogP contribution in [0.25, 0.3) is 0 Å². The number of nitrogens with two attached hydrogens (primary N) is 1. The molecule has 1 aliphatic carbocycles. The van der Waals surface area contributed by atoms with Gasteiger partial charge in [0, 0.05) is 30.2 Å². The Hall–Kier alpha value is -2.68. The van der Waals surface area contributed by atoms with Gasteiger partial charge >= 0.3 is 0 Å². The van der Waals surface area contributed by atoms with Crippen LogP contribution in [0.2, 0.25) is 5.02 Å². The van der Waals surface area contributed by atoms with E-state index in [2.05, 4.69) is 31.0 Å². The van der Waals surface area contributed by atoms with Crippen LogP contribution in [0.1, 0.15) is 40.0 Å². The van der Waals surface area contributed by atoms with E-state index in [-0.39, 0.29) is 48.4 Å². The zero-order chi connectivity index (χ0) is 26.5. The molecule has 0 radical (unpaired) electrons. The first-order valence-electron chi connectivity index (χ1n) is 12.5. The van der Waals surface area contributed by atoms with Crippen molar-refractivity contribution in [1.29, 1.82) is 0 Å². The van der Waals surface area contributed by atoms with Gasteiger partial charge in [-0.2, -0.15) is 0 Å². The van der Waals surface area contributed by atoms with Gasteiger partial charge in [-0.1, -0.05) is 47.2 Å². The van der Waals surface area contributed by atoms with Crippen molar-refractivity contribution in [2.75, 3.05) is 19.8 Å². The van der Waals surface area contributed by atoms with E-state index in [9.17, 15) is 9.18 Å². The molecule has 198 valence electrons. The number of benzene rings is 2. The lowest BCUT2D eigenvalue weighted by molar-refractivity contribution is -0.136. The fraction of sp³-hybridized carbons (Fsp3) is 0.429. The first kappa shape index (κ1) is 27.4. The van der Waals surface area contributed by atoms with Gasteiger partial charge in [0.25, 0.3) is 5.19 Å². The number of carbonyl (C=O) groups is 1. The van der Waals surface area contributed by atoms with Crippen LogP contribution in [-0.2, 0) is 17.8 Å². The quantitative estimate of drug-likeness (QED) is 0.299. The zero-order valence-electron chi connectivity index (χ0n) is 21.4. The molecule has 6 nitrogen and oxygen atoms in total. The number of hydrogen-bond acceptors (Lipinski definition) is 6. The number of nitrogens with zero attached hydrogens (tertiary/aromatic N) is 2. The summed E-state index contributed by atoms with van der Waals surface area (Å²) in [5.41, 5.74) is 10.4. The third-order valence-electron chi connectivity index (χ3n) is 6.74. The van der Waals surface area contributed by atoms with E-state index >= 15 is 0 Å². The molecule has 9 heteroatoms. The standard InChI is InChI=1S/C28H33ClFN3O3S/c1-17-5-4-6-20(19(17)3)16-33(22-8-9-22)27(34)21(14-31)13-23-15-32-28(37-23)36-12-11-35-26-24(30)10-7-18(2)25(26)29/h4-7,10,15,21-22H,8-9,11-14,16,31H2,1-3H3/t21-/m1/s1. The minimum atomic E-state index is -0.512. The smallest absolute Gasteiger partial charge is 0.273 e. The van der Waals surface area contributed by atoms with Crippen LogP contribution in [0, 0.1) is 32.5 Å². The maximum atomic E-state index is 14.0. The monoisotopic (exact) mass is 545 g/mol. The van der Waals surface area contributed by atoms with E-state index in [0.717, 1.165) is 23.3 Å². The Bertz CT molecular complexity index is 1250. The van der Waals surface area contributed by atoms with Crippen molar-refractivity contribution < 1.29 is 18.7 Å². The number of hydrogen-bond donors (Lipinski definition) is 1. The molecule has 0 aliphatic heterocycles. The third-order valence-corrected chi connectivity index (χ3v) is 8.14. The molecule has 1 aliphatic rings. The highest BCUT2D eigenvalue weighted by Crippen LogP contribution is 2.33. The first-order valence-corrected chi connectivity index (χ1v) is 13.7. The minimum absolute atomic E-state index is 0.0236. The fourth-order valence-corrected chi connectivity index (χ4v) is 5.24. The molecule has 1 amide bonds. The average molecular weight is 546 g/mol. The van der Waals surface area contributed by atoms with Gasteiger partial charge in [-0.25, -0.2) is 9.37 Å². The van der Waals surface area contributed by atoms with Crippen LogP contribution in [0.4, 0.5) is 4.39 Å². The molecular weight excluding hydrogens is 513 g/mol. The van der Waals surface area contributed by atoms with Crippen molar-refractivity contribution in [3.05, 3.63) is 74.5 Å². The predicted octanol–water partition coefficient (Wildman–Crippen LogP) is 5.63. The highest BCUT2D eigenvalue weighted by Gasteiger charge is 2.36. The molecule has 37 heavy (non-hydrogen) atoms. The van der Waals surface area contributed by atoms with Crippen LogP contribution in [0.3, 0.4) is 0 Å². The van der Waals surface area contributed by atoms with Gasteiger partial charge in [0.2, 0.25) is 5.91 Å². The second kappa shape index (κ2) is 12.2. The van der Waals surface area contributed by atoms with Crippen LogP contribution in [-0.4, -0.2) is 41.6 Å². The second-order valence-electron chi connectivity index (χ2n) is 9.49. The summed E-state index contributed by atoms with van der Waals surface area (Å²) >= 11 is 7.51. The lowest BCUT2D eigenvalue weighted by atomic mass is 10.00. The lowest BCUT2D eigenvalue weighted by Crippen LogP contribution is -2.41. The Morgan fingerprint density at radius 2 is 1.95 bits per heavy atom. The number of halogens is 2. The summed E-state index contributed by atoms with van der Waals surface area (Å²) in [6, 6.07) is 9.45. The Labute approximate surface area is 226 Å². The van der Waals surface area contributed by atoms with Gasteiger partial charge < -0.3 is 20.1 Å². The van der Waals surface area contributed by atoms with Gasteiger partial charge in [-0.05, 0) is 68.4 Å². The van der Waals surface area contributed by atoms with E-state index in [1.807, 2.05) is 11.0 Å². The molecule has 0 bridgehead atoms. The molecule has 3 aromatic rings. The summed E-state index contributed by atoms with van der Waals surface area (Å²) in [5, 5.41) is 0.721. The van der Waals surface area contributed by atoms with Crippen LogP contribution in [0.5, 0.6) is 10.9 Å². The zero-order valence-corrected chi connectivity index (χ0v) is 23.0. The Balaban J connectivity index is 1.32. The van der Waals surface area contributed by atoms with Crippen molar-refractivity contribution >= 4 is 28.8 Å². The molecule has 1 fully saturated rings. The van der Waals surface area contributed by atoms with Crippen molar-refractivity contribution in [2.24, 2.45) is 11.7 Å². The SMILES string of the molecule is Cc1cccc(CN(C(=O)[C@@H](CN)Cc2cnc(OCCOc3c(F)ccc(C)c3Cl)s2)C2CC2)c1C. The van der Waals surface area contributed by atoms with Crippen molar-refractivity contribution in [3.8, 4) is 10.9 Å². The molecule has 1 saturated carbocycles. The van der Waals surface area contributed by atoms with E-state index < -0.39 is 5.82 Å². The summed E-state index contributed by atoms with van der Waals surface area (Å²) < 4.78 is 25.1. The number of amides is 1. The molecule has 0 unspecified atom stereocenters. The number of aryl methyl sites for hydroxylation is 2. The molecule has 1 aromatic heterocycles. The first-order chi connectivity index (χ1) is 17.8. The van der Waals surface area contributed by atoms with Crippen LogP contribution >= 0.6 is 22.9 Å². The van der Waals surface area contributed by atoms with Crippen molar-refractivity contribution in [2.45, 2.75) is 52.6 Å². The van der Waals surface area contributed by atoms with E-state index in [1.165, 1.54) is 34.1 Å². The Morgan fingerprint density at radius 3 is 2.68 bits per heavy atom. The second-order valence-corrected chi connectivity index (χ2v) is 10.9. The predicted molar refractivity (Wildman–Crippen MR) is 145 cm³/mol. The third kappa shape index (κ3) is 6.80. The Morgan fingerprint density at radius 1 is 1.19 bits per heavy atom. The fourth-order valence-electron chi connectivity index (χ4n) is 4.18. The molecule has 0 spiro atoms. The number of thiazole rings is 1. The largest absolute Gasteiger partial charge is 0.485 e.